The van der Waals surface area contributed by atoms with Crippen molar-refractivity contribution in [2.24, 2.45) is 11.8 Å². The molecule has 0 fully saturated rings. The van der Waals surface area contributed by atoms with E-state index >= 15 is 0 Å². The Morgan fingerprint density at radius 2 is 1.11 bits per heavy atom. The Balaban J connectivity index is 4.24. The first-order valence-electron chi connectivity index (χ1n) is 8.22. The summed E-state index contributed by atoms with van der Waals surface area (Å²) >= 11 is 0. The van der Waals surface area contributed by atoms with Crippen LogP contribution >= 0.6 is 10.6 Å². The molecule has 0 radical (unpaired) electrons. The van der Waals surface area contributed by atoms with Gasteiger partial charge < -0.3 is 0 Å². The van der Waals surface area contributed by atoms with E-state index in [9.17, 15) is 9.11 Å². The molecule has 2 N–H and O–H groups in total. The van der Waals surface area contributed by atoms with Crippen LogP contribution < -0.4 is 0 Å². The minimum atomic E-state index is -2.37. The van der Waals surface area contributed by atoms with Crippen molar-refractivity contribution in [2.45, 2.75) is 79.1 Å². The fourth-order valence-electron chi connectivity index (χ4n) is 2.62. The molecule has 2 unspecified atom stereocenters. The van der Waals surface area contributed by atoms with Crippen molar-refractivity contribution >= 4 is 10.6 Å². The minimum Gasteiger partial charge on any atom is -0.299 e. The van der Waals surface area contributed by atoms with Crippen LogP contribution in [0.5, 0.6) is 0 Å². The summed E-state index contributed by atoms with van der Waals surface area (Å²) < 4.78 is 20.7. The number of rotatable bonds is 12. The molecule has 0 heterocycles. The highest BCUT2D eigenvalue weighted by atomic mass is 32.3. The average molecular weight is 293 g/mol. The molecule has 0 saturated heterocycles. The van der Waals surface area contributed by atoms with E-state index < -0.39 is 10.6 Å². The Morgan fingerprint density at radius 1 is 0.737 bits per heavy atom. The summed E-state index contributed by atoms with van der Waals surface area (Å²) in [5, 5.41) is 0. The Labute approximate surface area is 122 Å². The molecule has 0 aliphatic heterocycles. The monoisotopic (exact) mass is 292 g/mol. The van der Waals surface area contributed by atoms with E-state index in [0.29, 0.717) is 23.3 Å². The van der Waals surface area contributed by atoms with Gasteiger partial charge in [0, 0.05) is 11.5 Å². The van der Waals surface area contributed by atoms with Crippen LogP contribution in [0.25, 0.3) is 0 Å². The van der Waals surface area contributed by atoms with Gasteiger partial charge in [-0.15, -0.1) is 0 Å². The maximum absolute atomic E-state index is 10.4. The lowest BCUT2D eigenvalue weighted by atomic mass is 10.0. The van der Waals surface area contributed by atoms with Gasteiger partial charge in [-0.3, -0.25) is 9.11 Å². The van der Waals surface area contributed by atoms with Gasteiger partial charge in [0.25, 0.3) is 0 Å². The van der Waals surface area contributed by atoms with Gasteiger partial charge in [0.1, 0.15) is 0 Å². The van der Waals surface area contributed by atoms with Crippen LogP contribution in [-0.4, -0.2) is 20.6 Å². The number of hydrogen-bond donors (Lipinski definition) is 2. The molecule has 0 amide bonds. The highest BCUT2D eigenvalue weighted by Crippen LogP contribution is 2.45. The summed E-state index contributed by atoms with van der Waals surface area (Å²) in [5.74, 6) is 2.25. The van der Waals surface area contributed by atoms with Gasteiger partial charge in [0.2, 0.25) is 0 Å². The van der Waals surface area contributed by atoms with E-state index in [1.54, 1.807) is 0 Å². The maximum Gasteiger partial charge on any atom is 0.0402 e. The molecular formula is C16H36O2S. The third-order valence-corrected chi connectivity index (χ3v) is 6.10. The number of hydrogen-bond acceptors (Lipinski definition) is 2. The first-order chi connectivity index (χ1) is 8.99. The van der Waals surface area contributed by atoms with E-state index in [1.807, 2.05) is 0 Å². The fraction of sp³-hybridized carbons (Fsp3) is 1.00. The van der Waals surface area contributed by atoms with Crippen LogP contribution in [0.1, 0.15) is 79.1 Å². The first-order valence-corrected chi connectivity index (χ1v) is 10.1. The van der Waals surface area contributed by atoms with Crippen LogP contribution in [0.3, 0.4) is 0 Å². The second-order valence-electron chi connectivity index (χ2n) is 5.97. The van der Waals surface area contributed by atoms with Crippen LogP contribution in [0.2, 0.25) is 0 Å². The molecule has 118 valence electrons. The highest BCUT2D eigenvalue weighted by Gasteiger charge is 2.22. The molecule has 0 aromatic carbocycles. The molecule has 0 spiro atoms. The molecule has 19 heavy (non-hydrogen) atoms. The summed E-state index contributed by atoms with van der Waals surface area (Å²) in [6.07, 6.45) is 9.25. The predicted octanol–water partition coefficient (Wildman–Crippen LogP) is 6.17. The first kappa shape index (κ1) is 19.3. The van der Waals surface area contributed by atoms with Gasteiger partial charge in [0.05, 0.1) is 0 Å². The van der Waals surface area contributed by atoms with Gasteiger partial charge in [-0.05, 0) is 24.7 Å². The van der Waals surface area contributed by atoms with Gasteiger partial charge in [-0.25, -0.2) is 0 Å². The van der Waals surface area contributed by atoms with Crippen molar-refractivity contribution < 1.29 is 9.11 Å². The SMILES string of the molecule is CCCCC(CC)CS(O)(O)CC(CC)CCCC. The molecule has 0 rings (SSSR count). The Morgan fingerprint density at radius 3 is 1.37 bits per heavy atom. The van der Waals surface area contributed by atoms with Crippen molar-refractivity contribution in [3.05, 3.63) is 0 Å². The summed E-state index contributed by atoms with van der Waals surface area (Å²) in [6, 6.07) is 0. The zero-order chi connectivity index (χ0) is 14.7. The summed E-state index contributed by atoms with van der Waals surface area (Å²) in [4.78, 5) is 0. The molecule has 3 heteroatoms. The predicted molar refractivity (Wildman–Crippen MR) is 89.2 cm³/mol. The van der Waals surface area contributed by atoms with Crippen molar-refractivity contribution in [3.8, 4) is 0 Å². The van der Waals surface area contributed by atoms with Crippen molar-refractivity contribution in [1.82, 2.24) is 0 Å². The zero-order valence-electron chi connectivity index (χ0n) is 13.5. The Hall–Kier alpha value is 0.270. The van der Waals surface area contributed by atoms with Gasteiger partial charge in [-0.1, -0.05) is 66.2 Å². The minimum absolute atomic E-state index is 0.494. The van der Waals surface area contributed by atoms with E-state index in [1.165, 1.54) is 25.7 Å². The van der Waals surface area contributed by atoms with Gasteiger partial charge >= 0.3 is 0 Å². The molecule has 2 nitrogen and oxygen atoms in total. The van der Waals surface area contributed by atoms with Crippen molar-refractivity contribution in [2.75, 3.05) is 11.5 Å². The summed E-state index contributed by atoms with van der Waals surface area (Å²) in [7, 11) is -2.37. The van der Waals surface area contributed by atoms with E-state index in [2.05, 4.69) is 27.7 Å². The molecule has 0 aromatic heterocycles. The number of unbranched alkanes of at least 4 members (excludes halogenated alkanes) is 2. The van der Waals surface area contributed by atoms with E-state index in [-0.39, 0.29) is 0 Å². The standard InChI is InChI=1S/C16H36O2S/c1-5-9-11-15(7-3)13-19(17,18)14-16(8-4)12-10-6-2/h15-18H,5-14H2,1-4H3. The highest BCUT2D eigenvalue weighted by molar-refractivity contribution is 8.24. The molecule has 0 aliphatic rings. The van der Waals surface area contributed by atoms with E-state index in [0.717, 1.165) is 25.7 Å². The summed E-state index contributed by atoms with van der Waals surface area (Å²) in [6.45, 7) is 8.74. The fourth-order valence-corrected chi connectivity index (χ4v) is 5.07. The largest absolute Gasteiger partial charge is 0.299 e. The molecule has 0 bridgehead atoms. The van der Waals surface area contributed by atoms with Crippen molar-refractivity contribution in [3.63, 3.8) is 0 Å². The van der Waals surface area contributed by atoms with Gasteiger partial charge in [-0.2, -0.15) is 10.6 Å². The van der Waals surface area contributed by atoms with Crippen molar-refractivity contribution in [1.29, 1.82) is 0 Å². The normalized spacial score (nSPS) is 16.3. The zero-order valence-corrected chi connectivity index (χ0v) is 14.3. The Bertz CT molecular complexity index is 187. The lowest BCUT2D eigenvalue weighted by Gasteiger charge is -2.38. The van der Waals surface area contributed by atoms with Crippen LogP contribution in [0.4, 0.5) is 0 Å². The molecular weight excluding hydrogens is 256 g/mol. The second-order valence-corrected chi connectivity index (χ2v) is 8.24. The third kappa shape index (κ3) is 9.75. The Kier molecular flexibility index (Phi) is 11.1. The smallest absolute Gasteiger partial charge is 0.0402 e. The van der Waals surface area contributed by atoms with Crippen LogP contribution in [-0.2, 0) is 0 Å². The summed E-state index contributed by atoms with van der Waals surface area (Å²) in [5.41, 5.74) is 0. The molecule has 0 aromatic rings. The topological polar surface area (TPSA) is 40.5 Å². The second kappa shape index (κ2) is 11.0. The van der Waals surface area contributed by atoms with Gasteiger partial charge in [0.15, 0.2) is 0 Å². The lowest BCUT2D eigenvalue weighted by Crippen LogP contribution is -2.20. The third-order valence-electron chi connectivity index (χ3n) is 4.09. The van der Waals surface area contributed by atoms with Crippen LogP contribution in [0, 0.1) is 11.8 Å². The lowest BCUT2D eigenvalue weighted by molar-refractivity contribution is 0.417. The quantitative estimate of drug-likeness (QED) is 0.451. The molecule has 0 saturated carbocycles. The molecule has 2 atom stereocenters. The van der Waals surface area contributed by atoms with Crippen LogP contribution in [0.15, 0.2) is 0 Å². The average Bonchev–Trinajstić information content (AvgIpc) is 2.39. The maximum atomic E-state index is 10.4. The van der Waals surface area contributed by atoms with E-state index in [4.69, 9.17) is 0 Å². The molecule has 0 aliphatic carbocycles.